The molecular weight excluding hydrogens is 372 g/mol. The van der Waals surface area contributed by atoms with Crippen molar-refractivity contribution in [2.75, 3.05) is 5.32 Å². The first-order valence-electron chi connectivity index (χ1n) is 8.54. The maximum absolute atomic E-state index is 12.5. The van der Waals surface area contributed by atoms with Crippen LogP contribution in [-0.4, -0.2) is 30.9 Å². The minimum absolute atomic E-state index is 0.159. The highest BCUT2D eigenvalue weighted by atomic mass is 32.2. The third-order valence-corrected chi connectivity index (χ3v) is 4.98. The van der Waals surface area contributed by atoms with Gasteiger partial charge in [-0.3, -0.25) is 14.3 Å². The first-order valence-corrected chi connectivity index (χ1v) is 9.42. The Balaban J connectivity index is 1.74. The van der Waals surface area contributed by atoms with Crippen molar-refractivity contribution in [3.05, 3.63) is 67.0 Å². The van der Waals surface area contributed by atoms with E-state index in [2.05, 4.69) is 33.1 Å². The lowest BCUT2D eigenvalue weighted by Gasteiger charge is -2.13. The van der Waals surface area contributed by atoms with Crippen LogP contribution >= 0.6 is 11.8 Å². The van der Waals surface area contributed by atoms with Crippen molar-refractivity contribution in [1.29, 1.82) is 5.26 Å². The molecule has 0 unspecified atom stereocenters. The summed E-state index contributed by atoms with van der Waals surface area (Å²) in [4.78, 5) is 16.6. The lowest BCUT2D eigenvalue weighted by molar-refractivity contribution is -0.115. The van der Waals surface area contributed by atoms with E-state index in [1.807, 2.05) is 23.6 Å². The highest BCUT2D eigenvalue weighted by Gasteiger charge is 2.20. The number of carbonyl (C=O) groups excluding carboxylic acids is 1. The molecule has 0 spiro atoms. The molecule has 0 bridgehead atoms. The zero-order valence-electron chi connectivity index (χ0n) is 15.2. The lowest BCUT2D eigenvalue weighted by Crippen LogP contribution is -2.23. The van der Waals surface area contributed by atoms with Gasteiger partial charge in [0.25, 0.3) is 0 Å². The minimum atomic E-state index is -0.395. The molecule has 0 aliphatic carbocycles. The standard InChI is InChI=1S/C20H18N6OS/c1-3-12-26-18(16-8-10-22-11-9-16)24-25-20(26)28-14(2)19(27)23-17-6-4-15(13-21)5-7-17/h3-11,14H,1,12H2,2H3,(H,23,27)/t14-/m1/s1. The van der Waals surface area contributed by atoms with Gasteiger partial charge in [0.2, 0.25) is 5.91 Å². The summed E-state index contributed by atoms with van der Waals surface area (Å²) in [5.41, 5.74) is 2.08. The minimum Gasteiger partial charge on any atom is -0.325 e. The fourth-order valence-corrected chi connectivity index (χ4v) is 3.33. The molecule has 0 fully saturated rings. The van der Waals surface area contributed by atoms with Crippen LogP contribution in [0.15, 0.2) is 66.6 Å². The molecule has 0 saturated heterocycles. The normalized spacial score (nSPS) is 11.4. The molecule has 0 aliphatic heterocycles. The van der Waals surface area contributed by atoms with Gasteiger partial charge < -0.3 is 5.32 Å². The van der Waals surface area contributed by atoms with Crippen LogP contribution in [0.2, 0.25) is 0 Å². The van der Waals surface area contributed by atoms with Crippen molar-refractivity contribution in [1.82, 2.24) is 19.7 Å². The number of benzene rings is 1. The number of carbonyl (C=O) groups is 1. The van der Waals surface area contributed by atoms with Crippen molar-refractivity contribution in [3.8, 4) is 17.5 Å². The van der Waals surface area contributed by atoms with E-state index in [9.17, 15) is 4.79 Å². The smallest absolute Gasteiger partial charge is 0.237 e. The average Bonchev–Trinajstić information content (AvgIpc) is 3.11. The van der Waals surface area contributed by atoms with Gasteiger partial charge >= 0.3 is 0 Å². The van der Waals surface area contributed by atoms with Crippen molar-refractivity contribution in [2.24, 2.45) is 0 Å². The molecule has 140 valence electrons. The van der Waals surface area contributed by atoms with Gasteiger partial charge in [-0.1, -0.05) is 17.8 Å². The predicted octanol–water partition coefficient (Wildman–Crippen LogP) is 3.52. The van der Waals surface area contributed by atoms with Crippen LogP contribution in [0.25, 0.3) is 11.4 Å². The number of hydrogen-bond acceptors (Lipinski definition) is 6. The van der Waals surface area contributed by atoms with Crippen LogP contribution < -0.4 is 5.32 Å². The highest BCUT2D eigenvalue weighted by molar-refractivity contribution is 8.00. The number of nitriles is 1. The fourth-order valence-electron chi connectivity index (χ4n) is 2.47. The van der Waals surface area contributed by atoms with Crippen LogP contribution in [0.1, 0.15) is 12.5 Å². The molecule has 0 radical (unpaired) electrons. The molecule has 3 rings (SSSR count). The Labute approximate surface area is 167 Å². The Hall–Kier alpha value is -3.44. The van der Waals surface area contributed by atoms with Gasteiger partial charge in [-0.15, -0.1) is 16.8 Å². The maximum Gasteiger partial charge on any atom is 0.237 e. The molecule has 1 amide bonds. The molecule has 0 aliphatic rings. The van der Waals surface area contributed by atoms with E-state index in [1.54, 1.807) is 42.7 Å². The Bertz CT molecular complexity index is 1010. The Morgan fingerprint density at radius 1 is 1.29 bits per heavy atom. The van der Waals surface area contributed by atoms with Gasteiger partial charge in [0.15, 0.2) is 11.0 Å². The molecule has 8 heteroatoms. The summed E-state index contributed by atoms with van der Waals surface area (Å²) in [6.45, 7) is 6.13. The van der Waals surface area contributed by atoms with Crippen LogP contribution in [0.4, 0.5) is 5.69 Å². The molecule has 2 aromatic heterocycles. The lowest BCUT2D eigenvalue weighted by atomic mass is 10.2. The van der Waals surface area contributed by atoms with Gasteiger partial charge in [0, 0.05) is 30.2 Å². The summed E-state index contributed by atoms with van der Waals surface area (Å²) < 4.78 is 1.92. The summed E-state index contributed by atoms with van der Waals surface area (Å²) in [6, 6.07) is 12.5. The second-order valence-electron chi connectivity index (χ2n) is 5.88. The zero-order chi connectivity index (χ0) is 19.9. The number of rotatable bonds is 7. The zero-order valence-corrected chi connectivity index (χ0v) is 16.1. The average molecular weight is 390 g/mol. The van der Waals surface area contributed by atoms with Crippen molar-refractivity contribution in [3.63, 3.8) is 0 Å². The second kappa shape index (κ2) is 8.97. The van der Waals surface area contributed by atoms with Crippen molar-refractivity contribution < 1.29 is 4.79 Å². The maximum atomic E-state index is 12.5. The highest BCUT2D eigenvalue weighted by Crippen LogP contribution is 2.27. The number of allylic oxidation sites excluding steroid dienone is 1. The second-order valence-corrected chi connectivity index (χ2v) is 7.19. The number of anilines is 1. The van der Waals surface area contributed by atoms with E-state index in [0.29, 0.717) is 28.8 Å². The molecule has 3 aromatic rings. The number of thioether (sulfide) groups is 1. The SMILES string of the molecule is C=CCn1c(S[C@H](C)C(=O)Nc2ccc(C#N)cc2)nnc1-c1ccncc1. The number of nitrogens with zero attached hydrogens (tertiary/aromatic N) is 5. The summed E-state index contributed by atoms with van der Waals surface area (Å²) in [6.07, 6.45) is 5.16. The largest absolute Gasteiger partial charge is 0.325 e. The van der Waals surface area contributed by atoms with Crippen LogP contribution in [-0.2, 0) is 11.3 Å². The number of amides is 1. The number of aromatic nitrogens is 4. The van der Waals surface area contributed by atoms with Gasteiger partial charge in [0.1, 0.15) is 0 Å². The Kier molecular flexibility index (Phi) is 6.19. The molecule has 7 nitrogen and oxygen atoms in total. The topological polar surface area (TPSA) is 96.5 Å². The van der Waals surface area contributed by atoms with Gasteiger partial charge in [-0.2, -0.15) is 5.26 Å². The van der Waals surface area contributed by atoms with Crippen LogP contribution in [0.3, 0.4) is 0 Å². The fraction of sp³-hybridized carbons (Fsp3) is 0.150. The summed E-state index contributed by atoms with van der Waals surface area (Å²) in [5.74, 6) is 0.540. The quantitative estimate of drug-likeness (QED) is 0.490. The Morgan fingerprint density at radius 3 is 2.64 bits per heavy atom. The molecule has 1 N–H and O–H groups in total. The number of nitrogens with one attached hydrogen (secondary N) is 1. The van der Waals surface area contributed by atoms with Gasteiger partial charge in [0.05, 0.1) is 16.9 Å². The van der Waals surface area contributed by atoms with E-state index < -0.39 is 5.25 Å². The molecule has 1 aromatic carbocycles. The van der Waals surface area contributed by atoms with E-state index in [4.69, 9.17) is 5.26 Å². The van der Waals surface area contributed by atoms with Crippen molar-refractivity contribution in [2.45, 2.75) is 23.9 Å². The van der Waals surface area contributed by atoms with Crippen molar-refractivity contribution >= 4 is 23.4 Å². The first-order chi connectivity index (χ1) is 13.6. The molecule has 1 atom stereocenters. The Morgan fingerprint density at radius 2 is 2.00 bits per heavy atom. The van der Waals surface area contributed by atoms with E-state index >= 15 is 0 Å². The number of hydrogen-bond donors (Lipinski definition) is 1. The molecular formula is C20H18N6OS. The molecule has 2 heterocycles. The third kappa shape index (κ3) is 4.45. The predicted molar refractivity (Wildman–Crippen MR) is 109 cm³/mol. The molecule has 0 saturated carbocycles. The van der Waals surface area contributed by atoms with E-state index in [1.165, 1.54) is 11.8 Å². The summed E-state index contributed by atoms with van der Waals surface area (Å²) in [7, 11) is 0. The number of pyridine rings is 1. The van der Waals surface area contributed by atoms with E-state index in [0.717, 1.165) is 5.56 Å². The molecule has 28 heavy (non-hydrogen) atoms. The van der Waals surface area contributed by atoms with Gasteiger partial charge in [-0.05, 0) is 43.3 Å². The third-order valence-electron chi connectivity index (χ3n) is 3.90. The van der Waals surface area contributed by atoms with Crippen LogP contribution in [0.5, 0.6) is 0 Å². The van der Waals surface area contributed by atoms with E-state index in [-0.39, 0.29) is 5.91 Å². The monoisotopic (exact) mass is 390 g/mol. The van der Waals surface area contributed by atoms with Gasteiger partial charge in [-0.25, -0.2) is 0 Å². The summed E-state index contributed by atoms with van der Waals surface area (Å²) in [5, 5.41) is 20.5. The summed E-state index contributed by atoms with van der Waals surface area (Å²) >= 11 is 1.32. The first kappa shape index (κ1) is 19.3. The van der Waals surface area contributed by atoms with Crippen LogP contribution in [0, 0.1) is 11.3 Å².